The average molecular weight is 313 g/mol. The fourth-order valence-corrected chi connectivity index (χ4v) is 2.39. The second kappa shape index (κ2) is 7.05. The Kier molecular flexibility index (Phi) is 4.66. The monoisotopic (exact) mass is 313 g/mol. The van der Waals surface area contributed by atoms with E-state index in [0.717, 1.165) is 28.4 Å². The number of amides is 1. The number of carbonyl (C=O) groups is 1. The van der Waals surface area contributed by atoms with E-state index in [-0.39, 0.29) is 5.91 Å². The second-order valence-corrected chi connectivity index (χ2v) is 5.28. The van der Waals surface area contributed by atoms with E-state index in [2.05, 4.69) is 5.32 Å². The smallest absolute Gasteiger partial charge is 0.224 e. The highest BCUT2D eigenvalue weighted by atomic mass is 16.6. The van der Waals surface area contributed by atoms with Gasteiger partial charge in [-0.05, 0) is 35.4 Å². The van der Waals surface area contributed by atoms with E-state index in [1.54, 1.807) is 7.11 Å². The molecule has 1 aliphatic heterocycles. The number of methoxy groups -OCH3 is 1. The number of rotatable bonds is 5. The topological polar surface area (TPSA) is 56.8 Å². The van der Waals surface area contributed by atoms with Crippen LogP contribution in [0.3, 0.4) is 0 Å². The van der Waals surface area contributed by atoms with Gasteiger partial charge in [-0.25, -0.2) is 0 Å². The van der Waals surface area contributed by atoms with E-state index in [1.807, 2.05) is 42.5 Å². The number of ether oxygens (including phenoxy) is 3. The number of fused-ring (bicyclic) bond motifs is 1. The first-order valence-electron chi connectivity index (χ1n) is 7.53. The SMILES string of the molecule is COc1ccc(CC(=O)NCc2ccc3c(c2)OCCO3)cc1. The molecule has 120 valence electrons. The van der Waals surface area contributed by atoms with Gasteiger partial charge >= 0.3 is 0 Å². The molecule has 1 aliphatic rings. The molecule has 0 saturated heterocycles. The minimum atomic E-state index is -0.0231. The van der Waals surface area contributed by atoms with E-state index in [0.29, 0.717) is 26.2 Å². The highest BCUT2D eigenvalue weighted by Gasteiger charge is 2.12. The Labute approximate surface area is 135 Å². The summed E-state index contributed by atoms with van der Waals surface area (Å²) in [5.41, 5.74) is 1.93. The summed E-state index contributed by atoms with van der Waals surface area (Å²) < 4.78 is 16.1. The fourth-order valence-electron chi connectivity index (χ4n) is 2.39. The average Bonchev–Trinajstić information content (AvgIpc) is 2.60. The molecular formula is C18H19NO4. The summed E-state index contributed by atoms with van der Waals surface area (Å²) in [5.74, 6) is 2.25. The van der Waals surface area contributed by atoms with Gasteiger partial charge < -0.3 is 19.5 Å². The van der Waals surface area contributed by atoms with Gasteiger partial charge in [-0.15, -0.1) is 0 Å². The number of nitrogens with one attached hydrogen (secondary N) is 1. The third-order valence-electron chi connectivity index (χ3n) is 3.62. The summed E-state index contributed by atoms with van der Waals surface area (Å²) in [4.78, 5) is 12.0. The van der Waals surface area contributed by atoms with Crippen LogP contribution in [0, 0.1) is 0 Å². The fraction of sp³-hybridized carbons (Fsp3) is 0.278. The Hall–Kier alpha value is -2.69. The minimum Gasteiger partial charge on any atom is -0.497 e. The van der Waals surface area contributed by atoms with Gasteiger partial charge in [0.1, 0.15) is 19.0 Å². The van der Waals surface area contributed by atoms with Gasteiger partial charge in [0.15, 0.2) is 11.5 Å². The zero-order chi connectivity index (χ0) is 16.1. The van der Waals surface area contributed by atoms with Crippen LogP contribution < -0.4 is 19.5 Å². The first kappa shape index (κ1) is 15.2. The number of hydrogen-bond acceptors (Lipinski definition) is 4. The van der Waals surface area contributed by atoms with Crippen LogP contribution in [-0.4, -0.2) is 26.2 Å². The van der Waals surface area contributed by atoms with Gasteiger partial charge in [0.25, 0.3) is 0 Å². The number of benzene rings is 2. The predicted octanol–water partition coefficient (Wildman–Crippen LogP) is 2.33. The van der Waals surface area contributed by atoms with Gasteiger partial charge in [0, 0.05) is 6.54 Å². The molecule has 23 heavy (non-hydrogen) atoms. The highest BCUT2D eigenvalue weighted by Crippen LogP contribution is 2.30. The Bertz CT molecular complexity index is 682. The molecule has 0 aromatic heterocycles. The minimum absolute atomic E-state index is 0.0231. The largest absolute Gasteiger partial charge is 0.497 e. The van der Waals surface area contributed by atoms with Gasteiger partial charge in [-0.1, -0.05) is 18.2 Å². The van der Waals surface area contributed by atoms with Crippen LogP contribution >= 0.6 is 0 Å². The standard InChI is InChI=1S/C18H19NO4/c1-21-15-5-2-13(3-6-15)11-18(20)19-12-14-4-7-16-17(10-14)23-9-8-22-16/h2-7,10H,8-9,11-12H2,1H3,(H,19,20). The van der Waals surface area contributed by atoms with Crippen LogP contribution in [0.4, 0.5) is 0 Å². The molecule has 0 atom stereocenters. The van der Waals surface area contributed by atoms with Crippen molar-refractivity contribution in [1.82, 2.24) is 5.32 Å². The second-order valence-electron chi connectivity index (χ2n) is 5.28. The van der Waals surface area contributed by atoms with E-state index >= 15 is 0 Å². The lowest BCUT2D eigenvalue weighted by Gasteiger charge is -2.19. The lowest BCUT2D eigenvalue weighted by Crippen LogP contribution is -2.24. The Morgan fingerprint density at radius 1 is 1.04 bits per heavy atom. The molecule has 1 heterocycles. The highest BCUT2D eigenvalue weighted by molar-refractivity contribution is 5.78. The summed E-state index contributed by atoms with van der Waals surface area (Å²) in [6, 6.07) is 13.2. The van der Waals surface area contributed by atoms with Gasteiger partial charge in [-0.3, -0.25) is 4.79 Å². The molecule has 0 saturated carbocycles. The summed E-state index contributed by atoms with van der Waals surface area (Å²) in [6.07, 6.45) is 0.342. The van der Waals surface area contributed by atoms with Crippen LogP contribution in [0.1, 0.15) is 11.1 Å². The lowest BCUT2D eigenvalue weighted by molar-refractivity contribution is -0.120. The third kappa shape index (κ3) is 3.94. The molecular weight excluding hydrogens is 294 g/mol. The van der Waals surface area contributed by atoms with E-state index in [9.17, 15) is 4.79 Å². The summed E-state index contributed by atoms with van der Waals surface area (Å²) in [7, 11) is 1.62. The molecule has 2 aromatic rings. The predicted molar refractivity (Wildman–Crippen MR) is 86.0 cm³/mol. The van der Waals surface area contributed by atoms with Crippen molar-refractivity contribution in [3.63, 3.8) is 0 Å². The van der Waals surface area contributed by atoms with Crippen molar-refractivity contribution in [3.8, 4) is 17.2 Å². The zero-order valence-electron chi connectivity index (χ0n) is 13.0. The van der Waals surface area contributed by atoms with Crippen LogP contribution in [0.2, 0.25) is 0 Å². The molecule has 3 rings (SSSR count). The maximum absolute atomic E-state index is 12.0. The van der Waals surface area contributed by atoms with Gasteiger partial charge in [-0.2, -0.15) is 0 Å². The first-order chi connectivity index (χ1) is 11.2. The van der Waals surface area contributed by atoms with E-state index in [1.165, 1.54) is 0 Å². The molecule has 5 heteroatoms. The van der Waals surface area contributed by atoms with Crippen molar-refractivity contribution >= 4 is 5.91 Å². The quantitative estimate of drug-likeness (QED) is 0.920. The third-order valence-corrected chi connectivity index (χ3v) is 3.62. The molecule has 1 N–H and O–H groups in total. The molecule has 0 fully saturated rings. The number of hydrogen-bond donors (Lipinski definition) is 1. The molecule has 0 radical (unpaired) electrons. The Morgan fingerprint density at radius 2 is 1.74 bits per heavy atom. The van der Waals surface area contributed by atoms with E-state index in [4.69, 9.17) is 14.2 Å². The van der Waals surface area contributed by atoms with Crippen molar-refractivity contribution in [3.05, 3.63) is 53.6 Å². The molecule has 2 aromatic carbocycles. The molecule has 0 bridgehead atoms. The van der Waals surface area contributed by atoms with Crippen molar-refractivity contribution < 1.29 is 19.0 Å². The summed E-state index contributed by atoms with van der Waals surface area (Å²) in [5, 5.41) is 2.92. The van der Waals surface area contributed by atoms with Crippen molar-refractivity contribution in [2.45, 2.75) is 13.0 Å². The summed E-state index contributed by atoms with van der Waals surface area (Å²) >= 11 is 0. The molecule has 0 spiro atoms. The molecule has 0 aliphatic carbocycles. The van der Waals surface area contributed by atoms with Crippen LogP contribution in [0.25, 0.3) is 0 Å². The van der Waals surface area contributed by atoms with Crippen molar-refractivity contribution in [2.75, 3.05) is 20.3 Å². The van der Waals surface area contributed by atoms with Gasteiger partial charge in [0.2, 0.25) is 5.91 Å². The normalized spacial score (nSPS) is 12.6. The maximum atomic E-state index is 12.0. The van der Waals surface area contributed by atoms with Gasteiger partial charge in [0.05, 0.1) is 13.5 Å². The van der Waals surface area contributed by atoms with Crippen LogP contribution in [0.5, 0.6) is 17.2 Å². The molecule has 0 unspecified atom stereocenters. The van der Waals surface area contributed by atoms with Crippen LogP contribution in [0.15, 0.2) is 42.5 Å². The molecule has 1 amide bonds. The van der Waals surface area contributed by atoms with E-state index < -0.39 is 0 Å². The summed E-state index contributed by atoms with van der Waals surface area (Å²) in [6.45, 7) is 1.59. The van der Waals surface area contributed by atoms with Crippen molar-refractivity contribution in [1.29, 1.82) is 0 Å². The maximum Gasteiger partial charge on any atom is 0.224 e. The number of carbonyl (C=O) groups excluding carboxylic acids is 1. The zero-order valence-corrected chi connectivity index (χ0v) is 13.0. The lowest BCUT2D eigenvalue weighted by atomic mass is 10.1. The molecule has 5 nitrogen and oxygen atoms in total. The Morgan fingerprint density at radius 3 is 2.48 bits per heavy atom. The van der Waals surface area contributed by atoms with Crippen LogP contribution in [-0.2, 0) is 17.8 Å². The first-order valence-corrected chi connectivity index (χ1v) is 7.53. The Balaban J connectivity index is 1.54. The van der Waals surface area contributed by atoms with Crippen molar-refractivity contribution in [2.24, 2.45) is 0 Å².